The van der Waals surface area contributed by atoms with E-state index in [1.165, 1.54) is 12.1 Å². The predicted octanol–water partition coefficient (Wildman–Crippen LogP) is 2.96. The van der Waals surface area contributed by atoms with Crippen molar-refractivity contribution in [3.63, 3.8) is 0 Å². The van der Waals surface area contributed by atoms with Crippen LogP contribution in [0.15, 0.2) is 46.6 Å². The van der Waals surface area contributed by atoms with Crippen LogP contribution in [0, 0.1) is 10.1 Å². The lowest BCUT2D eigenvalue weighted by Gasteiger charge is -2.13. The molecule has 1 aliphatic rings. The van der Waals surface area contributed by atoms with Crippen LogP contribution in [0.25, 0.3) is 0 Å². The van der Waals surface area contributed by atoms with Crippen LogP contribution in [-0.2, 0) is 6.42 Å². The first-order valence-electron chi connectivity index (χ1n) is 7.32. The van der Waals surface area contributed by atoms with Crippen molar-refractivity contribution in [3.05, 3.63) is 63.2 Å². The summed E-state index contributed by atoms with van der Waals surface area (Å²) >= 11 is 0. The van der Waals surface area contributed by atoms with Crippen molar-refractivity contribution in [1.29, 1.82) is 0 Å². The van der Waals surface area contributed by atoms with Crippen LogP contribution in [0.2, 0.25) is 0 Å². The molecule has 7 nitrogen and oxygen atoms in total. The van der Waals surface area contributed by atoms with Crippen molar-refractivity contribution < 1.29 is 9.66 Å². The lowest BCUT2D eigenvalue weighted by atomic mass is 9.94. The molecule has 3 rings (SSSR count). The third kappa shape index (κ3) is 2.83. The molecule has 0 atom stereocenters. The minimum atomic E-state index is -0.432. The molecule has 2 N–H and O–H groups in total. The van der Waals surface area contributed by atoms with Gasteiger partial charge in [0.15, 0.2) is 0 Å². The molecule has 0 saturated heterocycles. The Labute approximate surface area is 138 Å². The Balaban J connectivity index is 2.15. The molecule has 0 saturated carbocycles. The summed E-state index contributed by atoms with van der Waals surface area (Å²) in [6.07, 6.45) is 0.628. The minimum absolute atomic E-state index is 0.0303. The van der Waals surface area contributed by atoms with Gasteiger partial charge in [0.2, 0.25) is 0 Å². The highest BCUT2D eigenvalue weighted by atomic mass is 16.6. The zero-order valence-electron chi connectivity index (χ0n) is 13.3. The molecular formula is C17H16N4O3. The third-order valence-corrected chi connectivity index (χ3v) is 3.83. The summed E-state index contributed by atoms with van der Waals surface area (Å²) in [6.45, 7) is 1.90. The second-order valence-electron chi connectivity index (χ2n) is 5.52. The molecule has 0 bridgehead atoms. The number of ether oxygens (including phenoxy) is 1. The number of hydrogen-bond donors (Lipinski definition) is 1. The van der Waals surface area contributed by atoms with Crippen LogP contribution in [-0.4, -0.2) is 23.5 Å². The van der Waals surface area contributed by atoms with E-state index in [1.54, 1.807) is 19.2 Å². The maximum Gasteiger partial charge on any atom is 0.269 e. The summed E-state index contributed by atoms with van der Waals surface area (Å²) in [7, 11) is 1.55. The first-order valence-corrected chi connectivity index (χ1v) is 7.32. The quantitative estimate of drug-likeness (QED) is 0.532. The number of rotatable bonds is 3. The topological polar surface area (TPSA) is 103 Å². The number of methoxy groups -OCH3 is 1. The van der Waals surface area contributed by atoms with Gasteiger partial charge in [-0.3, -0.25) is 10.1 Å². The van der Waals surface area contributed by atoms with Crippen molar-refractivity contribution in [2.45, 2.75) is 13.3 Å². The number of nitrogen functional groups attached to an aromatic ring is 1. The Morgan fingerprint density at radius 3 is 2.54 bits per heavy atom. The van der Waals surface area contributed by atoms with Gasteiger partial charge in [0.05, 0.1) is 17.7 Å². The van der Waals surface area contributed by atoms with E-state index in [0.29, 0.717) is 23.6 Å². The van der Waals surface area contributed by atoms with Crippen molar-refractivity contribution in [2.75, 3.05) is 12.8 Å². The summed E-state index contributed by atoms with van der Waals surface area (Å²) in [5.41, 5.74) is 10.7. The molecule has 122 valence electrons. The van der Waals surface area contributed by atoms with Crippen molar-refractivity contribution >= 4 is 22.8 Å². The molecule has 7 heteroatoms. The number of benzene rings is 2. The van der Waals surface area contributed by atoms with Crippen molar-refractivity contribution in [2.24, 2.45) is 10.2 Å². The second-order valence-corrected chi connectivity index (χ2v) is 5.52. The summed E-state index contributed by atoms with van der Waals surface area (Å²) in [5, 5.41) is 19.4. The molecule has 1 aliphatic heterocycles. The number of nitrogens with two attached hydrogens (primary N) is 1. The summed E-state index contributed by atoms with van der Waals surface area (Å²) < 4.78 is 5.31. The monoisotopic (exact) mass is 324 g/mol. The van der Waals surface area contributed by atoms with Crippen molar-refractivity contribution in [3.8, 4) is 5.75 Å². The van der Waals surface area contributed by atoms with Gasteiger partial charge >= 0.3 is 0 Å². The van der Waals surface area contributed by atoms with Crippen LogP contribution in [0.5, 0.6) is 5.75 Å². The Morgan fingerprint density at radius 2 is 1.92 bits per heavy atom. The van der Waals surface area contributed by atoms with E-state index in [9.17, 15) is 10.1 Å². The Morgan fingerprint density at radius 1 is 1.21 bits per heavy atom. The number of anilines is 1. The van der Waals surface area contributed by atoms with Crippen LogP contribution in [0.4, 0.5) is 11.4 Å². The number of fused-ring (bicyclic) bond motifs is 1. The lowest BCUT2D eigenvalue weighted by molar-refractivity contribution is -0.384. The molecule has 0 amide bonds. The van der Waals surface area contributed by atoms with E-state index < -0.39 is 4.92 Å². The van der Waals surface area contributed by atoms with Gasteiger partial charge in [-0.05, 0) is 36.8 Å². The van der Waals surface area contributed by atoms with E-state index in [1.807, 2.05) is 19.1 Å². The average Bonchev–Trinajstić information content (AvgIpc) is 2.72. The van der Waals surface area contributed by atoms with E-state index in [0.717, 1.165) is 22.4 Å². The van der Waals surface area contributed by atoms with E-state index >= 15 is 0 Å². The Kier molecular flexibility index (Phi) is 3.99. The van der Waals surface area contributed by atoms with Crippen molar-refractivity contribution in [1.82, 2.24) is 0 Å². The standard InChI is InChI=1S/C17H16N4O3/c1-10-7-12-8-15(18)16(24-2)9-14(12)17(20-19-10)11-3-5-13(6-4-11)21(22)23/h3-6,8-9H,7,18H2,1-2H3. The minimum Gasteiger partial charge on any atom is -0.495 e. The lowest BCUT2D eigenvalue weighted by Crippen LogP contribution is -2.08. The summed E-state index contributed by atoms with van der Waals surface area (Å²) in [4.78, 5) is 10.4. The molecule has 0 spiro atoms. The molecule has 0 radical (unpaired) electrons. The maximum absolute atomic E-state index is 10.8. The first-order chi connectivity index (χ1) is 11.5. The number of nitro benzene ring substituents is 1. The van der Waals surface area contributed by atoms with Crippen LogP contribution >= 0.6 is 0 Å². The normalized spacial score (nSPS) is 13.4. The highest BCUT2D eigenvalue weighted by Crippen LogP contribution is 2.30. The second kappa shape index (κ2) is 6.11. The summed E-state index contributed by atoms with van der Waals surface area (Å²) in [5.74, 6) is 0.558. The van der Waals surface area contributed by atoms with Gasteiger partial charge in [-0.25, -0.2) is 0 Å². The molecule has 0 aromatic heterocycles. The van der Waals surface area contributed by atoms with Gasteiger partial charge in [0, 0.05) is 35.4 Å². The van der Waals surface area contributed by atoms with Gasteiger partial charge in [-0.2, -0.15) is 5.10 Å². The fourth-order valence-electron chi connectivity index (χ4n) is 2.64. The highest BCUT2D eigenvalue weighted by molar-refractivity contribution is 6.15. The van der Waals surface area contributed by atoms with Crippen LogP contribution in [0.1, 0.15) is 23.6 Å². The number of nitrogens with zero attached hydrogens (tertiary/aromatic N) is 3. The van der Waals surface area contributed by atoms with E-state index in [2.05, 4.69) is 10.2 Å². The van der Waals surface area contributed by atoms with E-state index in [-0.39, 0.29) is 5.69 Å². The smallest absolute Gasteiger partial charge is 0.269 e. The molecule has 1 heterocycles. The average molecular weight is 324 g/mol. The molecule has 2 aromatic carbocycles. The Bertz CT molecular complexity index is 870. The van der Waals surface area contributed by atoms with Crippen LogP contribution < -0.4 is 10.5 Å². The van der Waals surface area contributed by atoms with Gasteiger partial charge in [-0.1, -0.05) is 0 Å². The SMILES string of the molecule is COc1cc2c(cc1N)CC(C)=NN=C2c1ccc([N+](=O)[O-])cc1. The third-order valence-electron chi connectivity index (χ3n) is 3.83. The zero-order valence-corrected chi connectivity index (χ0v) is 13.3. The fraction of sp³-hybridized carbons (Fsp3) is 0.176. The highest BCUT2D eigenvalue weighted by Gasteiger charge is 2.19. The molecule has 24 heavy (non-hydrogen) atoms. The zero-order chi connectivity index (χ0) is 17.3. The predicted molar refractivity (Wildman–Crippen MR) is 93.0 cm³/mol. The summed E-state index contributed by atoms with van der Waals surface area (Å²) in [6, 6.07) is 9.93. The van der Waals surface area contributed by atoms with E-state index in [4.69, 9.17) is 10.5 Å². The molecule has 2 aromatic rings. The Hall–Kier alpha value is -3.22. The maximum atomic E-state index is 10.8. The number of non-ortho nitro benzene ring substituents is 1. The molecule has 0 aliphatic carbocycles. The van der Waals surface area contributed by atoms with Gasteiger partial charge in [-0.15, -0.1) is 5.10 Å². The fourth-order valence-corrected chi connectivity index (χ4v) is 2.64. The largest absolute Gasteiger partial charge is 0.495 e. The molecular weight excluding hydrogens is 308 g/mol. The molecule has 0 fully saturated rings. The van der Waals surface area contributed by atoms with Gasteiger partial charge in [0.1, 0.15) is 11.5 Å². The molecule has 0 unspecified atom stereocenters. The number of nitro groups is 1. The first kappa shape index (κ1) is 15.7. The van der Waals surface area contributed by atoms with Gasteiger partial charge < -0.3 is 10.5 Å². The van der Waals surface area contributed by atoms with Crippen LogP contribution in [0.3, 0.4) is 0 Å². The number of hydrogen-bond acceptors (Lipinski definition) is 6. The van der Waals surface area contributed by atoms with Gasteiger partial charge in [0.25, 0.3) is 5.69 Å².